The van der Waals surface area contributed by atoms with Gasteiger partial charge in [-0.25, -0.2) is 4.39 Å². The van der Waals surface area contributed by atoms with Crippen LogP contribution in [0.2, 0.25) is 0 Å². The summed E-state index contributed by atoms with van der Waals surface area (Å²) in [5.41, 5.74) is 12.6. The second-order valence-electron chi connectivity index (χ2n) is 6.23. The molecule has 24 heavy (non-hydrogen) atoms. The van der Waals surface area contributed by atoms with E-state index in [0.29, 0.717) is 6.54 Å². The van der Waals surface area contributed by atoms with Crippen molar-refractivity contribution in [3.05, 3.63) is 76.7 Å². The topological polar surface area (TPSA) is 43.8 Å². The summed E-state index contributed by atoms with van der Waals surface area (Å²) in [6.45, 7) is 4.71. The smallest absolute Gasteiger partial charge is 0.123 e. The Labute approximate surface area is 141 Å². The van der Waals surface area contributed by atoms with Gasteiger partial charge in [0.2, 0.25) is 0 Å². The molecule has 124 valence electrons. The van der Waals surface area contributed by atoms with Crippen molar-refractivity contribution in [3.8, 4) is 11.3 Å². The molecule has 0 saturated heterocycles. The predicted molar refractivity (Wildman–Crippen MR) is 95.4 cm³/mol. The maximum atomic E-state index is 13.1. The molecule has 0 amide bonds. The number of benzene rings is 2. The van der Waals surface area contributed by atoms with E-state index in [-0.39, 0.29) is 11.7 Å². The standard InChI is InChI=1S/C20H22FN3/c1-13-4-9-17(14(2)10-13)18(12-22)20-11-19(23-24(20)3)15-5-7-16(21)8-6-15/h4-11,18H,12,22H2,1-3H3. The average Bonchev–Trinajstić information content (AvgIpc) is 2.93. The van der Waals surface area contributed by atoms with Crippen LogP contribution in [0.25, 0.3) is 11.3 Å². The van der Waals surface area contributed by atoms with E-state index in [4.69, 9.17) is 5.73 Å². The van der Waals surface area contributed by atoms with E-state index < -0.39 is 0 Å². The zero-order valence-corrected chi connectivity index (χ0v) is 14.3. The maximum Gasteiger partial charge on any atom is 0.123 e. The highest BCUT2D eigenvalue weighted by Gasteiger charge is 2.20. The van der Waals surface area contributed by atoms with Gasteiger partial charge in [0.1, 0.15) is 5.82 Å². The number of rotatable bonds is 4. The SMILES string of the molecule is Cc1ccc(C(CN)c2cc(-c3ccc(F)cc3)nn2C)c(C)c1. The highest BCUT2D eigenvalue weighted by Crippen LogP contribution is 2.29. The lowest BCUT2D eigenvalue weighted by atomic mass is 9.90. The minimum Gasteiger partial charge on any atom is -0.329 e. The molecular weight excluding hydrogens is 301 g/mol. The molecule has 1 atom stereocenters. The summed E-state index contributed by atoms with van der Waals surface area (Å²) in [5.74, 6) is -0.165. The molecule has 4 heteroatoms. The van der Waals surface area contributed by atoms with Crippen molar-refractivity contribution in [2.24, 2.45) is 12.8 Å². The van der Waals surface area contributed by atoms with Crippen LogP contribution >= 0.6 is 0 Å². The molecule has 0 spiro atoms. The molecule has 2 N–H and O–H groups in total. The van der Waals surface area contributed by atoms with E-state index in [1.165, 1.54) is 28.8 Å². The normalized spacial score (nSPS) is 12.4. The third kappa shape index (κ3) is 3.10. The van der Waals surface area contributed by atoms with E-state index in [0.717, 1.165) is 17.0 Å². The van der Waals surface area contributed by atoms with Gasteiger partial charge in [0, 0.05) is 30.8 Å². The van der Waals surface area contributed by atoms with Crippen molar-refractivity contribution in [3.63, 3.8) is 0 Å². The minimum atomic E-state index is -0.245. The summed E-state index contributed by atoms with van der Waals surface area (Å²) in [5, 5.41) is 4.59. The molecule has 0 aliphatic heterocycles. The monoisotopic (exact) mass is 323 g/mol. The third-order valence-corrected chi connectivity index (χ3v) is 4.45. The molecule has 3 nitrogen and oxygen atoms in total. The van der Waals surface area contributed by atoms with Gasteiger partial charge in [0.15, 0.2) is 0 Å². The van der Waals surface area contributed by atoms with Crippen LogP contribution in [0, 0.1) is 19.7 Å². The quantitative estimate of drug-likeness (QED) is 0.790. The van der Waals surface area contributed by atoms with Crippen molar-refractivity contribution in [2.75, 3.05) is 6.54 Å². The molecule has 0 bridgehead atoms. The van der Waals surface area contributed by atoms with Gasteiger partial charge in [-0.3, -0.25) is 4.68 Å². The number of hydrogen-bond donors (Lipinski definition) is 1. The molecule has 0 aliphatic rings. The van der Waals surface area contributed by atoms with Crippen LogP contribution in [0.3, 0.4) is 0 Å². The molecule has 1 unspecified atom stereocenters. The van der Waals surface area contributed by atoms with Crippen molar-refractivity contribution < 1.29 is 4.39 Å². The van der Waals surface area contributed by atoms with Gasteiger partial charge in [0.25, 0.3) is 0 Å². The Hall–Kier alpha value is -2.46. The Bertz CT molecular complexity index is 850. The molecule has 2 aromatic carbocycles. The first-order valence-electron chi connectivity index (χ1n) is 8.06. The predicted octanol–water partition coefficient (Wildman–Crippen LogP) is 3.93. The Kier molecular flexibility index (Phi) is 4.49. The van der Waals surface area contributed by atoms with E-state index in [1.54, 1.807) is 12.1 Å². The molecule has 1 heterocycles. The fraction of sp³-hybridized carbons (Fsp3) is 0.250. The first-order chi connectivity index (χ1) is 11.5. The number of nitrogens with two attached hydrogens (primary N) is 1. The van der Waals surface area contributed by atoms with Crippen LogP contribution in [0.4, 0.5) is 4.39 Å². The van der Waals surface area contributed by atoms with Crippen LogP contribution in [-0.4, -0.2) is 16.3 Å². The van der Waals surface area contributed by atoms with E-state index >= 15 is 0 Å². The number of nitrogens with zero attached hydrogens (tertiary/aromatic N) is 2. The number of hydrogen-bond acceptors (Lipinski definition) is 2. The second kappa shape index (κ2) is 6.57. The van der Waals surface area contributed by atoms with Crippen molar-refractivity contribution >= 4 is 0 Å². The third-order valence-electron chi connectivity index (χ3n) is 4.45. The van der Waals surface area contributed by atoms with Crippen LogP contribution in [0.1, 0.15) is 28.3 Å². The first kappa shape index (κ1) is 16.4. The fourth-order valence-corrected chi connectivity index (χ4v) is 3.19. The number of aryl methyl sites for hydroxylation is 3. The second-order valence-corrected chi connectivity index (χ2v) is 6.23. The van der Waals surface area contributed by atoms with Gasteiger partial charge in [-0.05, 0) is 55.3 Å². The lowest BCUT2D eigenvalue weighted by Gasteiger charge is -2.18. The summed E-state index contributed by atoms with van der Waals surface area (Å²) >= 11 is 0. The van der Waals surface area contributed by atoms with Gasteiger partial charge < -0.3 is 5.73 Å². The lowest BCUT2D eigenvalue weighted by Crippen LogP contribution is -2.18. The maximum absolute atomic E-state index is 13.1. The molecular formula is C20H22FN3. The van der Waals surface area contributed by atoms with Gasteiger partial charge in [-0.1, -0.05) is 23.8 Å². The summed E-state index contributed by atoms with van der Waals surface area (Å²) in [6, 6.07) is 14.9. The molecule has 3 rings (SSSR count). The summed E-state index contributed by atoms with van der Waals surface area (Å²) in [7, 11) is 1.93. The largest absolute Gasteiger partial charge is 0.329 e. The van der Waals surface area contributed by atoms with Gasteiger partial charge in [-0.15, -0.1) is 0 Å². The highest BCUT2D eigenvalue weighted by atomic mass is 19.1. The van der Waals surface area contributed by atoms with Crippen LogP contribution in [0.15, 0.2) is 48.5 Å². The number of aromatic nitrogens is 2. The van der Waals surface area contributed by atoms with Crippen molar-refractivity contribution in [1.82, 2.24) is 9.78 Å². The van der Waals surface area contributed by atoms with Gasteiger partial charge in [-0.2, -0.15) is 5.10 Å². The Balaban J connectivity index is 2.02. The Morgan fingerprint density at radius 3 is 2.42 bits per heavy atom. The van der Waals surface area contributed by atoms with Crippen LogP contribution < -0.4 is 5.73 Å². The summed E-state index contributed by atoms with van der Waals surface area (Å²) in [4.78, 5) is 0. The van der Waals surface area contributed by atoms with Gasteiger partial charge in [0.05, 0.1) is 5.69 Å². The van der Waals surface area contributed by atoms with E-state index in [2.05, 4.69) is 37.1 Å². The van der Waals surface area contributed by atoms with E-state index in [1.807, 2.05) is 17.8 Å². The first-order valence-corrected chi connectivity index (χ1v) is 8.06. The Morgan fingerprint density at radius 1 is 1.08 bits per heavy atom. The molecule has 0 saturated carbocycles. The summed E-state index contributed by atoms with van der Waals surface area (Å²) < 4.78 is 15.0. The fourth-order valence-electron chi connectivity index (χ4n) is 3.19. The number of halogens is 1. The zero-order chi connectivity index (χ0) is 17.3. The molecule has 1 aromatic heterocycles. The zero-order valence-electron chi connectivity index (χ0n) is 14.3. The highest BCUT2D eigenvalue weighted by molar-refractivity contribution is 5.60. The van der Waals surface area contributed by atoms with Gasteiger partial charge >= 0.3 is 0 Å². The van der Waals surface area contributed by atoms with E-state index in [9.17, 15) is 4.39 Å². The molecule has 0 radical (unpaired) electrons. The van der Waals surface area contributed by atoms with Crippen LogP contribution in [-0.2, 0) is 7.05 Å². The van der Waals surface area contributed by atoms with Crippen molar-refractivity contribution in [2.45, 2.75) is 19.8 Å². The minimum absolute atomic E-state index is 0.0808. The Morgan fingerprint density at radius 2 is 1.79 bits per heavy atom. The molecule has 0 fully saturated rings. The molecule has 3 aromatic rings. The van der Waals surface area contributed by atoms with Crippen molar-refractivity contribution in [1.29, 1.82) is 0 Å². The lowest BCUT2D eigenvalue weighted by molar-refractivity contribution is 0.628. The molecule has 0 aliphatic carbocycles. The van der Waals surface area contributed by atoms with Crippen LogP contribution in [0.5, 0.6) is 0 Å². The summed E-state index contributed by atoms with van der Waals surface area (Å²) in [6.07, 6.45) is 0. The average molecular weight is 323 g/mol.